The Labute approximate surface area is 141 Å². The van der Waals surface area contributed by atoms with Crippen molar-refractivity contribution >= 4 is 17.6 Å². The van der Waals surface area contributed by atoms with Gasteiger partial charge in [-0.15, -0.1) is 0 Å². The summed E-state index contributed by atoms with van der Waals surface area (Å²) in [6, 6.07) is 13.0. The van der Waals surface area contributed by atoms with Crippen LogP contribution in [0.4, 0.5) is 10.5 Å². The lowest BCUT2D eigenvalue weighted by atomic mass is 9.99. The smallest absolute Gasteiger partial charge is 0.312 e. The number of carbonyl (C=O) groups is 2. The molecule has 2 aromatic rings. The fourth-order valence-electron chi connectivity index (χ4n) is 3.01. The van der Waals surface area contributed by atoms with Crippen LogP contribution in [0.2, 0.25) is 0 Å². The van der Waals surface area contributed by atoms with Gasteiger partial charge in [0.25, 0.3) is 5.91 Å². The van der Waals surface area contributed by atoms with Crippen LogP contribution in [0.15, 0.2) is 42.5 Å². The van der Waals surface area contributed by atoms with Crippen LogP contribution in [0, 0.1) is 6.92 Å². The molecule has 0 atom stereocenters. The van der Waals surface area contributed by atoms with E-state index in [-0.39, 0.29) is 5.91 Å². The van der Waals surface area contributed by atoms with E-state index in [9.17, 15) is 9.59 Å². The van der Waals surface area contributed by atoms with Crippen molar-refractivity contribution in [3.8, 4) is 0 Å². The van der Waals surface area contributed by atoms with Gasteiger partial charge in [0, 0.05) is 24.3 Å². The van der Waals surface area contributed by atoms with Crippen LogP contribution in [-0.2, 0) is 13.0 Å². The summed E-state index contributed by atoms with van der Waals surface area (Å²) in [6.07, 6.45) is 1.99. The topological polar surface area (TPSA) is 75.4 Å². The molecule has 3 rings (SSSR count). The van der Waals surface area contributed by atoms with Crippen molar-refractivity contribution in [1.82, 2.24) is 5.32 Å². The lowest BCUT2D eigenvalue weighted by Crippen LogP contribution is -2.35. The van der Waals surface area contributed by atoms with Gasteiger partial charge in [0.15, 0.2) is 0 Å². The van der Waals surface area contributed by atoms with E-state index in [2.05, 4.69) is 23.5 Å². The number of anilines is 1. The number of aryl methyl sites for hydroxylation is 2. The van der Waals surface area contributed by atoms with E-state index in [0.29, 0.717) is 12.1 Å². The first-order valence-electron chi connectivity index (χ1n) is 8.08. The van der Waals surface area contributed by atoms with E-state index < -0.39 is 6.03 Å². The zero-order valence-corrected chi connectivity index (χ0v) is 13.7. The summed E-state index contributed by atoms with van der Waals surface area (Å²) in [7, 11) is 0. The number of amides is 3. The predicted molar refractivity (Wildman–Crippen MR) is 94.0 cm³/mol. The number of hydrogen-bond acceptors (Lipinski definition) is 2. The number of benzene rings is 2. The molecule has 3 N–H and O–H groups in total. The molecule has 1 aliphatic rings. The average molecular weight is 323 g/mol. The number of nitrogens with zero attached hydrogens (tertiary/aromatic N) is 1. The number of urea groups is 1. The lowest BCUT2D eigenvalue weighted by molar-refractivity contribution is 0.0985. The SMILES string of the molecule is Cc1ccc2c(c1)N(C(=O)c1ccc(CNC(N)=O)cc1)CCC2. The van der Waals surface area contributed by atoms with E-state index in [1.807, 2.05) is 24.0 Å². The highest BCUT2D eigenvalue weighted by Crippen LogP contribution is 2.29. The fraction of sp³-hybridized carbons (Fsp3) is 0.263. The Bertz CT molecular complexity index is 769. The summed E-state index contributed by atoms with van der Waals surface area (Å²) >= 11 is 0. The number of nitrogens with two attached hydrogens (primary N) is 1. The van der Waals surface area contributed by atoms with Crippen LogP contribution in [0.3, 0.4) is 0 Å². The van der Waals surface area contributed by atoms with Crippen LogP contribution >= 0.6 is 0 Å². The van der Waals surface area contributed by atoms with Gasteiger partial charge in [-0.1, -0.05) is 24.3 Å². The van der Waals surface area contributed by atoms with Crippen LogP contribution in [-0.4, -0.2) is 18.5 Å². The lowest BCUT2D eigenvalue weighted by Gasteiger charge is -2.30. The van der Waals surface area contributed by atoms with Crippen molar-refractivity contribution in [1.29, 1.82) is 0 Å². The second kappa shape index (κ2) is 6.74. The van der Waals surface area contributed by atoms with Crippen molar-refractivity contribution in [2.45, 2.75) is 26.3 Å². The fourth-order valence-corrected chi connectivity index (χ4v) is 3.01. The van der Waals surface area contributed by atoms with Crippen LogP contribution in [0.5, 0.6) is 0 Å². The predicted octanol–water partition coefficient (Wildman–Crippen LogP) is 2.76. The highest BCUT2D eigenvalue weighted by molar-refractivity contribution is 6.06. The third kappa shape index (κ3) is 3.40. The van der Waals surface area contributed by atoms with Gasteiger partial charge in [-0.3, -0.25) is 4.79 Å². The monoisotopic (exact) mass is 323 g/mol. The van der Waals surface area contributed by atoms with Crippen LogP contribution < -0.4 is 16.0 Å². The van der Waals surface area contributed by atoms with Crippen LogP contribution in [0.25, 0.3) is 0 Å². The molecular formula is C19H21N3O2. The summed E-state index contributed by atoms with van der Waals surface area (Å²) in [5, 5.41) is 2.54. The van der Waals surface area contributed by atoms with E-state index in [4.69, 9.17) is 5.73 Å². The average Bonchev–Trinajstić information content (AvgIpc) is 2.59. The van der Waals surface area contributed by atoms with Crippen molar-refractivity contribution in [3.05, 3.63) is 64.7 Å². The molecule has 3 amide bonds. The number of primary amides is 1. The van der Waals surface area contributed by atoms with E-state index >= 15 is 0 Å². The minimum absolute atomic E-state index is 0.0101. The molecule has 0 radical (unpaired) electrons. The van der Waals surface area contributed by atoms with Gasteiger partial charge < -0.3 is 16.0 Å². The van der Waals surface area contributed by atoms with Gasteiger partial charge in [0.2, 0.25) is 0 Å². The summed E-state index contributed by atoms with van der Waals surface area (Å²) in [6.45, 7) is 3.13. The molecule has 5 nitrogen and oxygen atoms in total. The molecule has 0 fully saturated rings. The maximum absolute atomic E-state index is 12.9. The standard InChI is InChI=1S/C19H21N3O2/c1-13-4-7-15-3-2-10-22(17(15)11-13)18(23)16-8-5-14(6-9-16)12-21-19(20)24/h4-9,11H,2-3,10,12H2,1H3,(H3,20,21,24). The van der Waals surface area contributed by atoms with E-state index in [0.717, 1.165) is 36.2 Å². The summed E-state index contributed by atoms with van der Waals surface area (Å²) < 4.78 is 0. The van der Waals surface area contributed by atoms with Gasteiger partial charge in [-0.05, 0) is 54.7 Å². The molecule has 24 heavy (non-hydrogen) atoms. The van der Waals surface area contributed by atoms with Gasteiger partial charge in [-0.25, -0.2) is 4.79 Å². The van der Waals surface area contributed by atoms with Gasteiger partial charge in [-0.2, -0.15) is 0 Å². The van der Waals surface area contributed by atoms with Crippen LogP contribution in [0.1, 0.15) is 33.5 Å². The summed E-state index contributed by atoms with van der Waals surface area (Å²) in [5.41, 5.74) is 10.0. The van der Waals surface area contributed by atoms with Crippen molar-refractivity contribution in [3.63, 3.8) is 0 Å². The zero-order chi connectivity index (χ0) is 17.1. The number of carbonyl (C=O) groups excluding carboxylic acids is 2. The molecular weight excluding hydrogens is 302 g/mol. The zero-order valence-electron chi connectivity index (χ0n) is 13.7. The number of nitrogens with one attached hydrogen (secondary N) is 1. The molecule has 1 aliphatic heterocycles. The Balaban J connectivity index is 1.80. The third-order valence-corrected chi connectivity index (χ3v) is 4.27. The largest absolute Gasteiger partial charge is 0.352 e. The summed E-state index contributed by atoms with van der Waals surface area (Å²) in [4.78, 5) is 25.5. The second-order valence-electron chi connectivity index (χ2n) is 6.11. The van der Waals surface area contributed by atoms with Crippen molar-refractivity contribution in [2.24, 2.45) is 5.73 Å². The third-order valence-electron chi connectivity index (χ3n) is 4.27. The summed E-state index contributed by atoms with van der Waals surface area (Å²) in [5.74, 6) is 0.0101. The quantitative estimate of drug-likeness (QED) is 0.911. The maximum atomic E-state index is 12.9. The first-order valence-corrected chi connectivity index (χ1v) is 8.08. The molecule has 0 saturated heterocycles. The van der Waals surface area contributed by atoms with Gasteiger partial charge in [0.1, 0.15) is 0 Å². The number of rotatable bonds is 3. The Kier molecular flexibility index (Phi) is 4.51. The van der Waals surface area contributed by atoms with Gasteiger partial charge in [0.05, 0.1) is 0 Å². The Morgan fingerprint density at radius 3 is 2.62 bits per heavy atom. The van der Waals surface area contributed by atoms with Gasteiger partial charge >= 0.3 is 6.03 Å². The molecule has 0 unspecified atom stereocenters. The molecule has 0 aliphatic carbocycles. The Hall–Kier alpha value is -2.82. The van der Waals surface area contributed by atoms with E-state index in [1.54, 1.807) is 12.1 Å². The molecule has 0 saturated carbocycles. The van der Waals surface area contributed by atoms with Crippen molar-refractivity contribution in [2.75, 3.05) is 11.4 Å². The first kappa shape index (κ1) is 16.1. The molecule has 5 heteroatoms. The minimum atomic E-state index is -0.560. The minimum Gasteiger partial charge on any atom is -0.352 e. The highest BCUT2D eigenvalue weighted by atomic mass is 16.2. The Morgan fingerprint density at radius 1 is 1.17 bits per heavy atom. The number of fused-ring (bicyclic) bond motifs is 1. The normalized spacial score (nSPS) is 13.3. The molecule has 124 valence electrons. The molecule has 1 heterocycles. The molecule has 2 aromatic carbocycles. The molecule has 0 spiro atoms. The second-order valence-corrected chi connectivity index (χ2v) is 6.11. The van der Waals surface area contributed by atoms with Crippen molar-refractivity contribution < 1.29 is 9.59 Å². The Morgan fingerprint density at radius 2 is 1.92 bits per heavy atom. The maximum Gasteiger partial charge on any atom is 0.312 e. The number of hydrogen-bond donors (Lipinski definition) is 2. The molecule has 0 bridgehead atoms. The van der Waals surface area contributed by atoms with E-state index in [1.165, 1.54) is 5.56 Å². The highest BCUT2D eigenvalue weighted by Gasteiger charge is 2.23. The first-order chi connectivity index (χ1) is 11.5. The molecule has 0 aromatic heterocycles.